The highest BCUT2D eigenvalue weighted by molar-refractivity contribution is 6.14. The molecule has 2 aliphatic rings. The zero-order valence-electron chi connectivity index (χ0n) is 39.1. The topological polar surface area (TPSA) is 11.4 Å². The number of hydrogen-bond acceptors (Lipinski definition) is 2. The van der Waals surface area contributed by atoms with E-state index >= 15 is 0 Å². The van der Waals surface area contributed by atoms with Crippen molar-refractivity contribution in [3.63, 3.8) is 0 Å². The van der Waals surface area contributed by atoms with Gasteiger partial charge in [0, 0.05) is 51.2 Å². The third kappa shape index (κ3) is 6.02. The molecule has 3 nitrogen and oxygen atoms in total. The molecule has 2 aliphatic carbocycles. The molecule has 10 aromatic rings. The minimum atomic E-state index is -0.305. The van der Waals surface area contributed by atoms with Gasteiger partial charge in [-0.1, -0.05) is 136 Å². The number of benzene rings is 9. The minimum Gasteiger partial charge on any atom is -0.342 e. The number of aromatic nitrogens is 1. The van der Waals surface area contributed by atoms with Crippen molar-refractivity contribution in [3.05, 3.63) is 215 Å². The molecule has 1 atom stereocenters. The van der Waals surface area contributed by atoms with Crippen molar-refractivity contribution in [1.82, 2.24) is 4.57 Å². The van der Waals surface area contributed by atoms with Crippen LogP contribution in [0.5, 0.6) is 0 Å². The summed E-state index contributed by atoms with van der Waals surface area (Å²) < 4.78 is 2.41. The third-order valence-corrected chi connectivity index (χ3v) is 15.3. The van der Waals surface area contributed by atoms with Crippen LogP contribution in [0.3, 0.4) is 0 Å². The minimum absolute atomic E-state index is 0.305. The number of fused-ring (bicyclic) bond motifs is 11. The van der Waals surface area contributed by atoms with Gasteiger partial charge in [-0.15, -0.1) is 0 Å². The van der Waals surface area contributed by atoms with Crippen molar-refractivity contribution in [1.29, 1.82) is 0 Å². The molecule has 1 unspecified atom stereocenters. The van der Waals surface area contributed by atoms with E-state index in [-0.39, 0.29) is 5.41 Å². The van der Waals surface area contributed by atoms with E-state index < -0.39 is 0 Å². The largest absolute Gasteiger partial charge is 0.342 e. The maximum absolute atomic E-state index is 2.60. The fraction of sp³-hybridized carbons (Fsp3) is 0.175. The van der Waals surface area contributed by atoms with E-state index in [9.17, 15) is 0 Å². The second kappa shape index (κ2) is 15.1. The van der Waals surface area contributed by atoms with Gasteiger partial charge in [-0.05, 0) is 167 Å². The van der Waals surface area contributed by atoms with Crippen LogP contribution in [-0.4, -0.2) is 4.57 Å². The fourth-order valence-corrected chi connectivity index (χ4v) is 11.7. The van der Waals surface area contributed by atoms with Crippen molar-refractivity contribution in [2.45, 2.75) is 65.7 Å². The first-order valence-electron chi connectivity index (χ1n) is 23.7. The zero-order chi connectivity index (χ0) is 45.0. The van der Waals surface area contributed by atoms with Crippen LogP contribution in [0.1, 0.15) is 72.1 Å². The Morgan fingerprint density at radius 3 is 2.00 bits per heavy atom. The van der Waals surface area contributed by atoms with Crippen molar-refractivity contribution in [3.8, 4) is 22.3 Å². The normalized spacial score (nSPS) is 14.7. The van der Waals surface area contributed by atoms with E-state index in [0.29, 0.717) is 5.92 Å². The summed E-state index contributed by atoms with van der Waals surface area (Å²) in [5, 5.41) is 5.07. The van der Waals surface area contributed by atoms with Gasteiger partial charge in [0.15, 0.2) is 0 Å². The Hall–Kier alpha value is -7.36. The summed E-state index contributed by atoms with van der Waals surface area (Å²) in [4.78, 5) is 5.08. The molecule has 0 aliphatic heterocycles. The van der Waals surface area contributed by atoms with Gasteiger partial charge in [-0.3, -0.25) is 0 Å². The number of nitrogens with zero attached hydrogens (tertiary/aromatic N) is 3. The molecular formula is C63H55N3. The molecule has 0 N–H and O–H groups in total. The van der Waals surface area contributed by atoms with E-state index in [2.05, 4.69) is 239 Å². The SMILES string of the molecule is Cc1cccc(N(c2ccc(C)c(C)c2)c2cc3c(c4ccccc24)-c2ccc(N(c4cccc5c4CCC(C)c4ccccc4-5)c4cccc5c6ccccc6n(C)c45)cc2C3(C)C)c1. The average Bonchev–Trinajstić information content (AvgIpc) is 3.69. The molecule has 0 bridgehead atoms. The van der Waals surface area contributed by atoms with E-state index in [1.165, 1.54) is 122 Å². The monoisotopic (exact) mass is 853 g/mol. The van der Waals surface area contributed by atoms with Crippen molar-refractivity contribution < 1.29 is 0 Å². The van der Waals surface area contributed by atoms with Crippen molar-refractivity contribution >= 4 is 66.7 Å². The van der Waals surface area contributed by atoms with Crippen LogP contribution in [0, 0.1) is 20.8 Å². The first-order valence-corrected chi connectivity index (χ1v) is 23.7. The Morgan fingerprint density at radius 1 is 0.500 bits per heavy atom. The summed E-state index contributed by atoms with van der Waals surface area (Å²) in [6, 6.07) is 66.6. The summed E-state index contributed by atoms with van der Waals surface area (Å²) in [6.07, 6.45) is 2.09. The van der Waals surface area contributed by atoms with Gasteiger partial charge < -0.3 is 14.4 Å². The number of rotatable bonds is 6. The molecule has 3 heteroatoms. The lowest BCUT2D eigenvalue weighted by molar-refractivity contribution is 0.661. The average molecular weight is 854 g/mol. The van der Waals surface area contributed by atoms with Crippen LogP contribution in [0.15, 0.2) is 176 Å². The molecular weight excluding hydrogens is 799 g/mol. The van der Waals surface area contributed by atoms with E-state index in [1.54, 1.807) is 0 Å². The van der Waals surface area contributed by atoms with Crippen LogP contribution in [-0.2, 0) is 18.9 Å². The van der Waals surface area contributed by atoms with E-state index in [4.69, 9.17) is 0 Å². The number of para-hydroxylation sites is 2. The van der Waals surface area contributed by atoms with Gasteiger partial charge in [0.25, 0.3) is 0 Å². The predicted octanol–water partition coefficient (Wildman–Crippen LogP) is 17.4. The van der Waals surface area contributed by atoms with Gasteiger partial charge in [0.05, 0.1) is 22.6 Å². The number of anilines is 6. The molecule has 0 fully saturated rings. The number of aryl methyl sites for hydroxylation is 4. The Labute approximate surface area is 389 Å². The fourth-order valence-electron chi connectivity index (χ4n) is 11.7. The van der Waals surface area contributed by atoms with Gasteiger partial charge in [0.1, 0.15) is 0 Å². The van der Waals surface area contributed by atoms with Crippen LogP contribution in [0.4, 0.5) is 34.1 Å². The Balaban J connectivity index is 1.10. The summed E-state index contributed by atoms with van der Waals surface area (Å²) in [6.45, 7) is 13.9. The van der Waals surface area contributed by atoms with Crippen LogP contribution >= 0.6 is 0 Å². The van der Waals surface area contributed by atoms with Gasteiger partial charge in [-0.2, -0.15) is 0 Å². The van der Waals surface area contributed by atoms with Crippen molar-refractivity contribution in [2.24, 2.45) is 7.05 Å². The predicted molar refractivity (Wildman–Crippen MR) is 281 cm³/mol. The molecule has 0 saturated carbocycles. The summed E-state index contributed by atoms with van der Waals surface area (Å²) in [7, 11) is 2.23. The Kier molecular flexibility index (Phi) is 9.19. The summed E-state index contributed by atoms with van der Waals surface area (Å²) in [5.41, 5.74) is 24.0. The highest BCUT2D eigenvalue weighted by Crippen LogP contribution is 2.57. The van der Waals surface area contributed by atoms with Gasteiger partial charge >= 0.3 is 0 Å². The highest BCUT2D eigenvalue weighted by atomic mass is 15.2. The molecule has 1 aromatic heterocycles. The van der Waals surface area contributed by atoms with Crippen LogP contribution in [0.2, 0.25) is 0 Å². The molecule has 9 aromatic carbocycles. The Morgan fingerprint density at radius 2 is 1.17 bits per heavy atom. The summed E-state index contributed by atoms with van der Waals surface area (Å²) in [5.74, 6) is 0.465. The van der Waals surface area contributed by atoms with Gasteiger partial charge in [0.2, 0.25) is 0 Å². The second-order valence-corrected chi connectivity index (χ2v) is 19.6. The number of hydrogen-bond donors (Lipinski definition) is 0. The molecule has 0 amide bonds. The molecule has 12 rings (SSSR count). The standard InChI is InChI=1S/C63H55N3/c1-39-17-14-18-43(35-39)65(44-31-29-40(2)42(4)36-44)60-38-56-61(52-23-11-10-21-49(52)60)54-34-32-45(37-55(54)63(56,5)6)66(59-28-16-25-53-50-22-12-13-26-57(50)64(7)62(53)59)58-27-15-24-48-47-20-9-8-19-46(47)41(3)30-33-51(48)58/h8-29,31-32,34-38,41H,30,33H2,1-7H3. The molecule has 66 heavy (non-hydrogen) atoms. The smallest absolute Gasteiger partial charge is 0.0733 e. The van der Waals surface area contributed by atoms with Crippen LogP contribution < -0.4 is 9.80 Å². The molecule has 0 spiro atoms. The summed E-state index contributed by atoms with van der Waals surface area (Å²) >= 11 is 0. The van der Waals surface area contributed by atoms with Gasteiger partial charge in [-0.25, -0.2) is 0 Å². The lowest BCUT2D eigenvalue weighted by atomic mass is 9.81. The second-order valence-electron chi connectivity index (χ2n) is 19.6. The molecule has 0 saturated heterocycles. The maximum atomic E-state index is 2.60. The lowest BCUT2D eigenvalue weighted by Gasteiger charge is -2.31. The zero-order valence-corrected chi connectivity index (χ0v) is 39.1. The lowest BCUT2D eigenvalue weighted by Crippen LogP contribution is -2.18. The van der Waals surface area contributed by atoms with E-state index in [0.717, 1.165) is 18.5 Å². The van der Waals surface area contributed by atoms with E-state index in [1.807, 2.05) is 0 Å². The van der Waals surface area contributed by atoms with Crippen molar-refractivity contribution in [2.75, 3.05) is 9.80 Å². The molecule has 0 radical (unpaired) electrons. The van der Waals surface area contributed by atoms with Crippen LogP contribution in [0.25, 0.3) is 54.8 Å². The highest BCUT2D eigenvalue weighted by Gasteiger charge is 2.39. The Bertz CT molecular complexity index is 3600. The quantitative estimate of drug-likeness (QED) is 0.165. The first-order chi connectivity index (χ1) is 32.1. The molecule has 322 valence electrons. The third-order valence-electron chi connectivity index (χ3n) is 15.3. The maximum Gasteiger partial charge on any atom is 0.0733 e. The molecule has 1 heterocycles. The first kappa shape index (κ1) is 40.2.